The van der Waals surface area contributed by atoms with Gasteiger partial charge >= 0.3 is 5.97 Å². The first-order valence-electron chi connectivity index (χ1n) is 8.31. The minimum Gasteiger partial charge on any atom is -0.480 e. The summed E-state index contributed by atoms with van der Waals surface area (Å²) in [5.41, 5.74) is 5.44. The number of nitrogens with two attached hydrogens (primary N) is 1. The number of carbonyl (C=O) groups is 3. The highest BCUT2D eigenvalue weighted by molar-refractivity contribution is 8.00. The molecule has 2 amide bonds. The Morgan fingerprint density at radius 3 is 2.70 bits per heavy atom. The number of imide groups is 1. The molecule has 0 radical (unpaired) electrons. The van der Waals surface area contributed by atoms with Crippen LogP contribution in [0.1, 0.15) is 52.4 Å². The van der Waals surface area contributed by atoms with Crippen molar-refractivity contribution in [2.45, 2.75) is 63.7 Å². The maximum Gasteiger partial charge on any atom is 0.321 e. The van der Waals surface area contributed by atoms with Gasteiger partial charge in [-0.2, -0.15) is 0 Å². The average molecular weight is 344 g/mol. The van der Waals surface area contributed by atoms with E-state index in [1.165, 1.54) is 35.9 Å². The van der Waals surface area contributed by atoms with Gasteiger partial charge < -0.3 is 10.8 Å². The Kier molecular flexibility index (Phi) is 8.62. The van der Waals surface area contributed by atoms with Gasteiger partial charge in [-0.05, 0) is 12.3 Å². The van der Waals surface area contributed by atoms with E-state index in [9.17, 15) is 14.4 Å². The normalized spacial score (nSPS) is 20.8. The van der Waals surface area contributed by atoms with E-state index in [1.807, 2.05) is 0 Å². The van der Waals surface area contributed by atoms with E-state index >= 15 is 0 Å². The van der Waals surface area contributed by atoms with Crippen LogP contribution in [-0.2, 0) is 14.4 Å². The van der Waals surface area contributed by atoms with E-state index in [0.717, 1.165) is 12.8 Å². The number of hydrogen-bond donors (Lipinski definition) is 2. The van der Waals surface area contributed by atoms with Crippen molar-refractivity contribution in [1.29, 1.82) is 0 Å². The summed E-state index contributed by atoms with van der Waals surface area (Å²) < 4.78 is 0. The van der Waals surface area contributed by atoms with Crippen molar-refractivity contribution in [2.75, 3.05) is 12.3 Å². The van der Waals surface area contributed by atoms with Crippen LogP contribution >= 0.6 is 11.8 Å². The standard InChI is InChI=1S/C16H28N2O4S/c1-3-4-5-6-11(2)7-8-18-14(19)9-13(15(18)20)23-10-12(17)16(21)22/h11-13H,3-10,17H2,1-2H3,(H,21,22). The Bertz CT molecular complexity index is 430. The van der Waals surface area contributed by atoms with Gasteiger partial charge in [0.15, 0.2) is 0 Å². The van der Waals surface area contributed by atoms with Gasteiger partial charge in [0, 0.05) is 18.7 Å². The number of aliphatic carboxylic acids is 1. The third-order valence-electron chi connectivity index (χ3n) is 4.14. The largest absolute Gasteiger partial charge is 0.480 e. The SMILES string of the molecule is CCCCCC(C)CCN1C(=O)CC(SCC(N)C(=O)O)C1=O. The molecule has 1 fully saturated rings. The predicted octanol–water partition coefficient (Wildman–Crippen LogP) is 1.87. The second-order valence-corrected chi connectivity index (χ2v) is 7.48. The van der Waals surface area contributed by atoms with Crippen molar-refractivity contribution in [1.82, 2.24) is 4.90 Å². The molecule has 1 rings (SSSR count). The van der Waals surface area contributed by atoms with Gasteiger partial charge in [0.25, 0.3) is 0 Å². The molecule has 0 aromatic carbocycles. The molecular weight excluding hydrogens is 316 g/mol. The molecule has 0 spiro atoms. The molecule has 1 aliphatic heterocycles. The number of thioether (sulfide) groups is 1. The lowest BCUT2D eigenvalue weighted by Gasteiger charge is -2.18. The van der Waals surface area contributed by atoms with E-state index < -0.39 is 17.3 Å². The lowest BCUT2D eigenvalue weighted by atomic mass is 10.00. The highest BCUT2D eigenvalue weighted by Gasteiger charge is 2.38. The molecule has 0 bridgehead atoms. The minimum atomic E-state index is -1.09. The van der Waals surface area contributed by atoms with Crippen molar-refractivity contribution in [3.05, 3.63) is 0 Å². The first kappa shape index (κ1) is 20.0. The Hall–Kier alpha value is -1.08. The molecule has 1 heterocycles. The third-order valence-corrected chi connectivity index (χ3v) is 5.46. The Morgan fingerprint density at radius 1 is 1.39 bits per heavy atom. The number of carboxylic acids is 1. The summed E-state index contributed by atoms with van der Waals surface area (Å²) in [4.78, 5) is 36.3. The Morgan fingerprint density at radius 2 is 2.09 bits per heavy atom. The van der Waals surface area contributed by atoms with E-state index in [2.05, 4.69) is 13.8 Å². The summed E-state index contributed by atoms with van der Waals surface area (Å²) in [5.74, 6) is -0.808. The first-order chi connectivity index (χ1) is 10.9. The highest BCUT2D eigenvalue weighted by atomic mass is 32.2. The van der Waals surface area contributed by atoms with Crippen LogP contribution in [0.2, 0.25) is 0 Å². The number of unbranched alkanes of at least 4 members (excludes halogenated alkanes) is 2. The molecule has 0 aromatic heterocycles. The van der Waals surface area contributed by atoms with Gasteiger partial charge in [0.1, 0.15) is 6.04 Å². The number of rotatable bonds is 11. The fourth-order valence-electron chi connectivity index (χ4n) is 2.55. The number of carbonyl (C=O) groups excluding carboxylic acids is 2. The van der Waals surface area contributed by atoms with Crippen LogP contribution in [0.3, 0.4) is 0 Å². The van der Waals surface area contributed by atoms with Gasteiger partial charge in [0.05, 0.1) is 5.25 Å². The minimum absolute atomic E-state index is 0.139. The van der Waals surface area contributed by atoms with Gasteiger partial charge in [-0.25, -0.2) is 0 Å². The summed E-state index contributed by atoms with van der Waals surface area (Å²) in [6.07, 6.45) is 5.69. The molecular formula is C16H28N2O4S. The summed E-state index contributed by atoms with van der Waals surface area (Å²) in [5, 5.41) is 8.28. The fourth-order valence-corrected chi connectivity index (χ4v) is 3.66. The van der Waals surface area contributed by atoms with Crippen LogP contribution in [-0.4, -0.2) is 51.4 Å². The number of likely N-dealkylation sites (tertiary alicyclic amines) is 1. The maximum atomic E-state index is 12.3. The average Bonchev–Trinajstić information content (AvgIpc) is 2.77. The van der Waals surface area contributed by atoms with Crippen LogP contribution in [0.15, 0.2) is 0 Å². The number of nitrogens with zero attached hydrogens (tertiary/aromatic N) is 1. The van der Waals surface area contributed by atoms with Crippen LogP contribution in [0, 0.1) is 5.92 Å². The summed E-state index contributed by atoms with van der Waals surface area (Å²) in [6.45, 7) is 4.78. The van der Waals surface area contributed by atoms with E-state index in [-0.39, 0.29) is 24.0 Å². The quantitative estimate of drug-likeness (QED) is 0.438. The molecule has 3 atom stereocenters. The summed E-state index contributed by atoms with van der Waals surface area (Å²) in [6, 6.07) is -1.00. The topological polar surface area (TPSA) is 101 Å². The molecule has 3 unspecified atom stereocenters. The van der Waals surface area contributed by atoms with Crippen molar-refractivity contribution >= 4 is 29.5 Å². The molecule has 7 heteroatoms. The van der Waals surface area contributed by atoms with Crippen LogP contribution in [0.5, 0.6) is 0 Å². The molecule has 0 aromatic rings. The smallest absolute Gasteiger partial charge is 0.321 e. The summed E-state index contributed by atoms with van der Waals surface area (Å²) >= 11 is 1.17. The molecule has 1 saturated heterocycles. The second-order valence-electron chi connectivity index (χ2n) is 6.24. The first-order valence-corrected chi connectivity index (χ1v) is 9.35. The second kappa shape index (κ2) is 9.93. The molecule has 0 saturated carbocycles. The van der Waals surface area contributed by atoms with E-state index in [1.54, 1.807) is 0 Å². The highest BCUT2D eigenvalue weighted by Crippen LogP contribution is 2.26. The van der Waals surface area contributed by atoms with Crippen molar-refractivity contribution < 1.29 is 19.5 Å². The molecule has 132 valence electrons. The van der Waals surface area contributed by atoms with Crippen molar-refractivity contribution in [3.63, 3.8) is 0 Å². The number of hydrogen-bond acceptors (Lipinski definition) is 5. The van der Waals surface area contributed by atoms with Crippen molar-refractivity contribution in [3.8, 4) is 0 Å². The van der Waals surface area contributed by atoms with Crippen LogP contribution in [0.4, 0.5) is 0 Å². The van der Waals surface area contributed by atoms with E-state index in [0.29, 0.717) is 12.5 Å². The fraction of sp³-hybridized carbons (Fsp3) is 0.812. The van der Waals surface area contributed by atoms with E-state index in [4.69, 9.17) is 10.8 Å². The molecule has 23 heavy (non-hydrogen) atoms. The van der Waals surface area contributed by atoms with Gasteiger partial charge in [0.2, 0.25) is 11.8 Å². The number of carboxylic acid groups (broad SMARTS) is 1. The Balaban J connectivity index is 2.38. The molecule has 1 aliphatic rings. The summed E-state index contributed by atoms with van der Waals surface area (Å²) in [7, 11) is 0. The van der Waals surface area contributed by atoms with Crippen molar-refractivity contribution in [2.24, 2.45) is 11.7 Å². The zero-order valence-electron chi connectivity index (χ0n) is 14.0. The monoisotopic (exact) mass is 344 g/mol. The van der Waals surface area contributed by atoms with Gasteiger partial charge in [-0.1, -0.05) is 39.5 Å². The zero-order valence-corrected chi connectivity index (χ0v) is 14.8. The van der Waals surface area contributed by atoms with Gasteiger partial charge in [-0.15, -0.1) is 11.8 Å². The molecule has 3 N–H and O–H groups in total. The molecule has 0 aliphatic carbocycles. The predicted molar refractivity (Wildman–Crippen MR) is 91.1 cm³/mol. The lowest BCUT2D eigenvalue weighted by molar-refractivity contribution is -0.139. The lowest BCUT2D eigenvalue weighted by Crippen LogP contribution is -2.35. The third kappa shape index (κ3) is 6.51. The van der Waals surface area contributed by atoms with Gasteiger partial charge in [-0.3, -0.25) is 19.3 Å². The Labute approximate surface area is 142 Å². The maximum absolute atomic E-state index is 12.3. The van der Waals surface area contributed by atoms with Crippen LogP contribution in [0.25, 0.3) is 0 Å². The molecule has 6 nitrogen and oxygen atoms in total. The number of amides is 2. The van der Waals surface area contributed by atoms with Crippen LogP contribution < -0.4 is 5.73 Å². The zero-order chi connectivity index (χ0) is 17.4.